The fraction of sp³-hybridized carbons (Fsp3) is 0.385. The number of carbonyl (C=O) groups is 1. The van der Waals surface area contributed by atoms with Crippen LogP contribution in [0.15, 0.2) is 18.2 Å². The number of thiocarbonyl (C=S) groups is 1. The first-order chi connectivity index (χ1) is 9.59. The molecular formula is C13H14F3IN2OS. The van der Waals surface area contributed by atoms with Crippen molar-refractivity contribution in [1.29, 1.82) is 0 Å². The lowest BCUT2D eigenvalue weighted by atomic mass is 10.1. The zero-order valence-corrected chi connectivity index (χ0v) is 14.3. The number of alkyl halides is 3. The van der Waals surface area contributed by atoms with E-state index in [-0.39, 0.29) is 29.0 Å². The van der Waals surface area contributed by atoms with Gasteiger partial charge in [0.1, 0.15) is 0 Å². The molecule has 0 heterocycles. The van der Waals surface area contributed by atoms with Gasteiger partial charge in [-0.2, -0.15) is 13.2 Å². The van der Waals surface area contributed by atoms with Gasteiger partial charge in [0.05, 0.1) is 11.3 Å². The molecule has 0 saturated heterocycles. The van der Waals surface area contributed by atoms with Crippen LogP contribution in [-0.4, -0.2) is 11.0 Å². The summed E-state index contributed by atoms with van der Waals surface area (Å²) in [5.74, 6) is -0.196. The third kappa shape index (κ3) is 6.16. The number of nitrogens with one attached hydrogen (secondary N) is 2. The van der Waals surface area contributed by atoms with E-state index in [0.29, 0.717) is 3.57 Å². The largest absolute Gasteiger partial charge is 0.418 e. The maximum absolute atomic E-state index is 12.9. The Bertz CT molecular complexity index is 547. The molecule has 0 atom stereocenters. The van der Waals surface area contributed by atoms with E-state index in [1.165, 1.54) is 12.1 Å². The molecule has 0 aromatic heterocycles. The molecule has 3 nitrogen and oxygen atoms in total. The molecule has 1 aromatic rings. The standard InChI is InChI=1S/C13H14F3IN2OS/c1-7(2)5-11(20)19-12(21)18-10-4-3-8(17)6-9(10)13(14,15)16/h3-4,6-7H,5H2,1-2H3,(H2,18,19,20,21). The summed E-state index contributed by atoms with van der Waals surface area (Å²) in [6, 6.07) is 3.82. The van der Waals surface area contributed by atoms with Gasteiger partial charge in [0.25, 0.3) is 0 Å². The zero-order valence-electron chi connectivity index (χ0n) is 11.3. The van der Waals surface area contributed by atoms with Crippen molar-refractivity contribution in [2.24, 2.45) is 5.92 Å². The second-order valence-corrected chi connectivity index (χ2v) is 6.44. The van der Waals surface area contributed by atoms with E-state index in [0.717, 1.165) is 6.07 Å². The maximum atomic E-state index is 12.9. The smallest absolute Gasteiger partial charge is 0.332 e. The first-order valence-corrected chi connectivity index (χ1v) is 7.56. The molecular weight excluding hydrogens is 416 g/mol. The summed E-state index contributed by atoms with van der Waals surface area (Å²) in [7, 11) is 0. The van der Waals surface area contributed by atoms with Crippen LogP contribution in [0.1, 0.15) is 25.8 Å². The van der Waals surface area contributed by atoms with E-state index in [1.807, 2.05) is 13.8 Å². The van der Waals surface area contributed by atoms with Gasteiger partial charge in [-0.05, 0) is 58.9 Å². The Labute approximate surface area is 139 Å². The topological polar surface area (TPSA) is 41.1 Å². The molecule has 2 N–H and O–H groups in total. The molecule has 0 spiro atoms. The average molecular weight is 430 g/mol. The van der Waals surface area contributed by atoms with Crippen molar-refractivity contribution in [1.82, 2.24) is 5.32 Å². The summed E-state index contributed by atoms with van der Waals surface area (Å²) in [5.41, 5.74) is -1.01. The molecule has 0 aliphatic heterocycles. The van der Waals surface area contributed by atoms with Gasteiger partial charge >= 0.3 is 6.18 Å². The minimum absolute atomic E-state index is 0.136. The first kappa shape index (κ1) is 18.1. The number of halogens is 4. The fourth-order valence-corrected chi connectivity index (χ4v) is 2.28. The predicted octanol–water partition coefficient (Wildman–Crippen LogP) is 4.17. The van der Waals surface area contributed by atoms with Gasteiger partial charge in [-0.1, -0.05) is 13.8 Å². The van der Waals surface area contributed by atoms with Crippen LogP contribution in [0.4, 0.5) is 18.9 Å². The molecule has 0 aliphatic carbocycles. The maximum Gasteiger partial charge on any atom is 0.418 e. The van der Waals surface area contributed by atoms with Crippen LogP contribution in [-0.2, 0) is 11.0 Å². The average Bonchev–Trinajstić information content (AvgIpc) is 2.28. The molecule has 0 bridgehead atoms. The number of amides is 1. The number of rotatable bonds is 3. The number of hydrogen-bond donors (Lipinski definition) is 2. The van der Waals surface area contributed by atoms with E-state index >= 15 is 0 Å². The summed E-state index contributed by atoms with van der Waals surface area (Å²) in [6.07, 6.45) is -4.25. The van der Waals surface area contributed by atoms with Crippen molar-refractivity contribution in [3.05, 3.63) is 27.3 Å². The van der Waals surface area contributed by atoms with Crippen molar-refractivity contribution in [2.45, 2.75) is 26.4 Å². The molecule has 21 heavy (non-hydrogen) atoms. The predicted molar refractivity (Wildman–Crippen MR) is 88.0 cm³/mol. The van der Waals surface area contributed by atoms with Crippen LogP contribution >= 0.6 is 34.8 Å². The van der Waals surface area contributed by atoms with E-state index in [4.69, 9.17) is 12.2 Å². The molecule has 1 amide bonds. The SMILES string of the molecule is CC(C)CC(=O)NC(=S)Nc1ccc(I)cc1C(F)(F)F. The molecule has 0 fully saturated rings. The highest BCUT2D eigenvalue weighted by atomic mass is 127. The fourth-order valence-electron chi connectivity index (χ4n) is 1.56. The van der Waals surface area contributed by atoms with Crippen LogP contribution in [0, 0.1) is 9.49 Å². The Hall–Kier alpha value is -0.900. The monoisotopic (exact) mass is 430 g/mol. The second kappa shape index (κ2) is 7.39. The Balaban J connectivity index is 2.84. The lowest BCUT2D eigenvalue weighted by Crippen LogP contribution is -2.35. The summed E-state index contributed by atoms with van der Waals surface area (Å²) in [6.45, 7) is 3.72. The highest BCUT2D eigenvalue weighted by Gasteiger charge is 2.34. The third-order valence-electron chi connectivity index (χ3n) is 2.38. The Morgan fingerprint density at radius 1 is 1.38 bits per heavy atom. The number of hydrogen-bond acceptors (Lipinski definition) is 2. The minimum atomic E-state index is -4.50. The van der Waals surface area contributed by atoms with Crippen molar-refractivity contribution in [2.75, 3.05) is 5.32 Å². The van der Waals surface area contributed by atoms with Gasteiger partial charge in [-0.3, -0.25) is 4.79 Å². The molecule has 0 saturated carbocycles. The van der Waals surface area contributed by atoms with Crippen LogP contribution in [0.3, 0.4) is 0 Å². The molecule has 116 valence electrons. The van der Waals surface area contributed by atoms with Gasteiger partial charge in [-0.25, -0.2) is 0 Å². The highest BCUT2D eigenvalue weighted by molar-refractivity contribution is 14.1. The van der Waals surface area contributed by atoms with Gasteiger partial charge in [-0.15, -0.1) is 0 Å². The van der Waals surface area contributed by atoms with Crippen LogP contribution in [0.5, 0.6) is 0 Å². The molecule has 8 heteroatoms. The van der Waals surface area contributed by atoms with Crippen LogP contribution < -0.4 is 10.6 Å². The first-order valence-electron chi connectivity index (χ1n) is 6.07. The third-order valence-corrected chi connectivity index (χ3v) is 3.26. The number of benzene rings is 1. The Kier molecular flexibility index (Phi) is 6.39. The van der Waals surface area contributed by atoms with E-state index in [2.05, 4.69) is 10.6 Å². The van der Waals surface area contributed by atoms with Crippen molar-refractivity contribution in [3.8, 4) is 0 Å². The number of anilines is 1. The molecule has 1 rings (SSSR count). The van der Waals surface area contributed by atoms with Crippen molar-refractivity contribution < 1.29 is 18.0 Å². The van der Waals surface area contributed by atoms with Crippen LogP contribution in [0.2, 0.25) is 0 Å². The summed E-state index contributed by atoms with van der Waals surface area (Å²) < 4.78 is 39.3. The molecule has 0 aliphatic rings. The Morgan fingerprint density at radius 3 is 2.52 bits per heavy atom. The van der Waals surface area contributed by atoms with Gasteiger partial charge < -0.3 is 10.6 Å². The lowest BCUT2D eigenvalue weighted by Gasteiger charge is -2.16. The quantitative estimate of drug-likeness (QED) is 0.559. The molecule has 0 radical (unpaired) electrons. The second-order valence-electron chi connectivity index (χ2n) is 4.79. The van der Waals surface area contributed by atoms with Crippen molar-refractivity contribution >= 4 is 51.5 Å². The summed E-state index contributed by atoms with van der Waals surface area (Å²) in [4.78, 5) is 11.5. The van der Waals surface area contributed by atoms with Gasteiger partial charge in [0.15, 0.2) is 5.11 Å². The zero-order chi connectivity index (χ0) is 16.2. The van der Waals surface area contributed by atoms with Crippen LogP contribution in [0.25, 0.3) is 0 Å². The highest BCUT2D eigenvalue weighted by Crippen LogP contribution is 2.35. The van der Waals surface area contributed by atoms with E-state index < -0.39 is 11.7 Å². The Morgan fingerprint density at radius 2 is 2.00 bits per heavy atom. The number of carbonyl (C=O) groups excluding carboxylic acids is 1. The molecule has 0 unspecified atom stereocenters. The van der Waals surface area contributed by atoms with E-state index in [9.17, 15) is 18.0 Å². The van der Waals surface area contributed by atoms with E-state index in [1.54, 1.807) is 22.6 Å². The summed E-state index contributed by atoms with van der Waals surface area (Å²) >= 11 is 6.67. The normalized spacial score (nSPS) is 11.4. The van der Waals surface area contributed by atoms with Crippen molar-refractivity contribution in [3.63, 3.8) is 0 Å². The lowest BCUT2D eigenvalue weighted by molar-refractivity contribution is -0.137. The van der Waals surface area contributed by atoms with Gasteiger partial charge in [0.2, 0.25) is 5.91 Å². The van der Waals surface area contributed by atoms with Gasteiger partial charge in [0, 0.05) is 9.99 Å². The minimum Gasteiger partial charge on any atom is -0.332 e. The molecule has 1 aromatic carbocycles. The summed E-state index contributed by atoms with van der Waals surface area (Å²) in [5, 5.41) is 4.64.